The van der Waals surface area contributed by atoms with E-state index in [2.05, 4.69) is 4.90 Å². The van der Waals surface area contributed by atoms with Gasteiger partial charge in [-0.3, -0.25) is 4.79 Å². The molecule has 3 fully saturated rings. The Labute approximate surface area is 142 Å². The van der Waals surface area contributed by atoms with Crippen molar-refractivity contribution in [3.8, 4) is 0 Å². The number of carbonyl (C=O) groups excluding carboxylic acids is 1. The van der Waals surface area contributed by atoms with Crippen molar-refractivity contribution in [3.05, 3.63) is 34.9 Å². The van der Waals surface area contributed by atoms with Crippen LogP contribution in [0.2, 0.25) is 5.02 Å². The highest BCUT2D eigenvalue weighted by Gasteiger charge is 2.47. The fraction of sp³-hybridized carbons (Fsp3) is 0.632. The van der Waals surface area contributed by atoms with Crippen molar-refractivity contribution in [1.29, 1.82) is 0 Å². The lowest BCUT2D eigenvalue weighted by Gasteiger charge is -2.39. The van der Waals surface area contributed by atoms with Crippen LogP contribution >= 0.6 is 11.6 Å². The highest BCUT2D eigenvalue weighted by atomic mass is 35.5. The zero-order chi connectivity index (χ0) is 15.9. The van der Waals surface area contributed by atoms with Gasteiger partial charge in [-0.05, 0) is 55.2 Å². The van der Waals surface area contributed by atoms with Gasteiger partial charge in [0.05, 0.1) is 5.41 Å². The molecule has 0 unspecified atom stereocenters. The molecule has 1 aromatic rings. The summed E-state index contributed by atoms with van der Waals surface area (Å²) in [7, 11) is 0. The van der Waals surface area contributed by atoms with Gasteiger partial charge < -0.3 is 9.64 Å². The normalized spacial score (nSPS) is 29.5. The number of likely N-dealkylation sites (tertiary alicyclic amines) is 1. The Morgan fingerprint density at radius 1 is 1.09 bits per heavy atom. The molecule has 0 radical (unpaired) electrons. The molecular weight excluding hydrogens is 310 g/mol. The predicted octanol–water partition coefficient (Wildman–Crippen LogP) is 3.65. The second kappa shape index (κ2) is 6.10. The van der Waals surface area contributed by atoms with E-state index in [0.29, 0.717) is 19.1 Å². The summed E-state index contributed by atoms with van der Waals surface area (Å²) in [4.78, 5) is 15.6. The summed E-state index contributed by atoms with van der Waals surface area (Å²) >= 11 is 6.05. The van der Waals surface area contributed by atoms with Crippen molar-refractivity contribution in [2.75, 3.05) is 26.3 Å². The average Bonchev–Trinajstić information content (AvgIpc) is 3.17. The van der Waals surface area contributed by atoms with Crippen molar-refractivity contribution in [2.45, 2.75) is 37.5 Å². The van der Waals surface area contributed by atoms with Crippen molar-refractivity contribution < 1.29 is 9.53 Å². The molecule has 2 heterocycles. The third-order valence-electron chi connectivity index (χ3n) is 6.17. The van der Waals surface area contributed by atoms with Crippen LogP contribution in [0.25, 0.3) is 0 Å². The van der Waals surface area contributed by atoms with Gasteiger partial charge in [0.1, 0.15) is 0 Å². The molecule has 1 amide bonds. The molecule has 2 saturated heterocycles. The molecule has 3 nitrogen and oxygen atoms in total. The topological polar surface area (TPSA) is 29.5 Å². The molecule has 0 aromatic heterocycles. The number of ether oxygens (including phenoxy) is 1. The second-order valence-corrected chi connectivity index (χ2v) is 7.80. The number of hydrogen-bond acceptors (Lipinski definition) is 2. The van der Waals surface area contributed by atoms with Gasteiger partial charge >= 0.3 is 0 Å². The van der Waals surface area contributed by atoms with Gasteiger partial charge in [0.15, 0.2) is 0 Å². The van der Waals surface area contributed by atoms with Crippen LogP contribution in [0.1, 0.15) is 37.7 Å². The van der Waals surface area contributed by atoms with Crippen LogP contribution < -0.4 is 0 Å². The van der Waals surface area contributed by atoms with E-state index in [1.54, 1.807) is 0 Å². The lowest BCUT2D eigenvalue weighted by Crippen LogP contribution is -2.49. The SMILES string of the molecule is O=C(N1C[C@H]2CCC[C@@H]2C1)C1(c2ccc(Cl)cc2)CCOCC1. The van der Waals surface area contributed by atoms with E-state index in [9.17, 15) is 4.79 Å². The first kappa shape index (κ1) is 15.5. The van der Waals surface area contributed by atoms with Crippen LogP contribution in [-0.2, 0) is 14.9 Å². The molecular formula is C19H24ClNO2. The molecule has 1 saturated carbocycles. The minimum atomic E-state index is -0.415. The Kier molecular flexibility index (Phi) is 4.10. The Hall–Kier alpha value is -1.06. The fourth-order valence-corrected chi connectivity index (χ4v) is 4.94. The highest BCUT2D eigenvalue weighted by molar-refractivity contribution is 6.30. The van der Waals surface area contributed by atoms with Crippen LogP contribution in [0.3, 0.4) is 0 Å². The van der Waals surface area contributed by atoms with Gasteiger partial charge in [0.2, 0.25) is 5.91 Å². The first-order valence-corrected chi connectivity index (χ1v) is 9.20. The van der Waals surface area contributed by atoms with Gasteiger partial charge in [-0.25, -0.2) is 0 Å². The molecule has 0 spiro atoms. The maximum Gasteiger partial charge on any atom is 0.233 e. The Bertz CT molecular complexity index is 568. The molecule has 3 aliphatic rings. The van der Waals surface area contributed by atoms with E-state index in [1.807, 2.05) is 24.3 Å². The minimum Gasteiger partial charge on any atom is -0.381 e. The second-order valence-electron chi connectivity index (χ2n) is 7.36. The summed E-state index contributed by atoms with van der Waals surface area (Å²) in [5.41, 5.74) is 0.689. The number of amides is 1. The fourth-order valence-electron chi connectivity index (χ4n) is 4.82. The molecule has 1 aromatic carbocycles. The molecule has 1 aliphatic carbocycles. The van der Waals surface area contributed by atoms with Gasteiger partial charge in [-0.2, -0.15) is 0 Å². The molecule has 2 aliphatic heterocycles. The van der Waals surface area contributed by atoms with E-state index in [1.165, 1.54) is 19.3 Å². The monoisotopic (exact) mass is 333 g/mol. The molecule has 4 heteroatoms. The lowest BCUT2D eigenvalue weighted by atomic mass is 9.73. The van der Waals surface area contributed by atoms with Crippen LogP contribution in [-0.4, -0.2) is 37.1 Å². The standard InChI is InChI=1S/C19H24ClNO2/c20-17-6-4-16(5-7-17)19(8-10-23-11-9-19)18(22)21-12-14-2-1-3-15(14)13-21/h4-7,14-15H,1-3,8-13H2/t14-,15-/m1/s1. The van der Waals surface area contributed by atoms with Crippen molar-refractivity contribution in [1.82, 2.24) is 4.90 Å². The summed E-state index contributed by atoms with van der Waals surface area (Å²) in [6.07, 6.45) is 5.49. The number of benzene rings is 1. The Balaban J connectivity index is 1.63. The summed E-state index contributed by atoms with van der Waals surface area (Å²) in [5.74, 6) is 1.79. The minimum absolute atomic E-state index is 0.317. The zero-order valence-corrected chi connectivity index (χ0v) is 14.2. The number of rotatable bonds is 2. The first-order chi connectivity index (χ1) is 11.2. The van der Waals surface area contributed by atoms with Gasteiger partial charge in [-0.1, -0.05) is 30.2 Å². The maximum absolute atomic E-state index is 13.5. The van der Waals surface area contributed by atoms with Crippen molar-refractivity contribution >= 4 is 17.5 Å². The zero-order valence-electron chi connectivity index (χ0n) is 13.5. The number of hydrogen-bond donors (Lipinski definition) is 0. The number of carbonyl (C=O) groups is 1. The molecule has 23 heavy (non-hydrogen) atoms. The van der Waals surface area contributed by atoms with Gasteiger partial charge in [0.25, 0.3) is 0 Å². The number of fused-ring (bicyclic) bond motifs is 1. The first-order valence-electron chi connectivity index (χ1n) is 8.82. The molecule has 124 valence electrons. The maximum atomic E-state index is 13.5. The molecule has 0 bridgehead atoms. The van der Waals surface area contributed by atoms with Crippen LogP contribution in [0.4, 0.5) is 0 Å². The lowest BCUT2D eigenvalue weighted by molar-refractivity contribution is -0.140. The van der Waals surface area contributed by atoms with Crippen LogP contribution in [0, 0.1) is 11.8 Å². The van der Waals surface area contributed by atoms with Gasteiger partial charge in [0, 0.05) is 31.3 Å². The van der Waals surface area contributed by atoms with Crippen molar-refractivity contribution in [2.24, 2.45) is 11.8 Å². The van der Waals surface area contributed by atoms with Crippen LogP contribution in [0.15, 0.2) is 24.3 Å². The predicted molar refractivity (Wildman–Crippen MR) is 90.6 cm³/mol. The van der Waals surface area contributed by atoms with Crippen LogP contribution in [0.5, 0.6) is 0 Å². The Morgan fingerprint density at radius 2 is 1.70 bits per heavy atom. The van der Waals surface area contributed by atoms with E-state index in [4.69, 9.17) is 16.3 Å². The largest absolute Gasteiger partial charge is 0.381 e. The smallest absolute Gasteiger partial charge is 0.233 e. The molecule has 4 rings (SSSR count). The molecule has 2 atom stereocenters. The van der Waals surface area contributed by atoms with E-state index < -0.39 is 5.41 Å². The van der Waals surface area contributed by atoms with E-state index in [-0.39, 0.29) is 0 Å². The van der Waals surface area contributed by atoms with Gasteiger partial charge in [-0.15, -0.1) is 0 Å². The summed E-state index contributed by atoms with van der Waals surface area (Å²) in [5, 5.41) is 0.721. The van der Waals surface area contributed by atoms with Crippen molar-refractivity contribution in [3.63, 3.8) is 0 Å². The average molecular weight is 334 g/mol. The molecule has 0 N–H and O–H groups in total. The quantitative estimate of drug-likeness (QED) is 0.826. The number of nitrogens with zero attached hydrogens (tertiary/aromatic N) is 1. The van der Waals surface area contributed by atoms with E-state index >= 15 is 0 Å². The third-order valence-corrected chi connectivity index (χ3v) is 6.42. The summed E-state index contributed by atoms with van der Waals surface area (Å²) in [6, 6.07) is 7.87. The third kappa shape index (κ3) is 2.68. The number of halogens is 1. The highest BCUT2D eigenvalue weighted by Crippen LogP contribution is 2.42. The van der Waals surface area contributed by atoms with E-state index in [0.717, 1.165) is 48.4 Å². The summed E-state index contributed by atoms with van der Waals surface area (Å²) < 4.78 is 5.56. The summed E-state index contributed by atoms with van der Waals surface area (Å²) in [6.45, 7) is 3.24. The Morgan fingerprint density at radius 3 is 2.30 bits per heavy atom.